The Labute approximate surface area is 152 Å². The second-order valence-electron chi connectivity index (χ2n) is 5.87. The maximum Gasteiger partial charge on any atom is 0.354 e. The van der Waals surface area contributed by atoms with Gasteiger partial charge in [-0.05, 0) is 25.2 Å². The Hall–Kier alpha value is -2.87. The molecule has 8 heteroatoms. The highest BCUT2D eigenvalue weighted by atomic mass is 16.5. The van der Waals surface area contributed by atoms with Gasteiger partial charge >= 0.3 is 11.9 Å². The monoisotopic (exact) mass is 361 g/mol. The van der Waals surface area contributed by atoms with Crippen LogP contribution in [0.15, 0.2) is 36.0 Å². The molecular formula is C18H23N3O5. The van der Waals surface area contributed by atoms with Gasteiger partial charge in [-0.1, -0.05) is 6.07 Å². The van der Waals surface area contributed by atoms with Gasteiger partial charge in [0.25, 0.3) is 5.91 Å². The van der Waals surface area contributed by atoms with E-state index in [0.717, 1.165) is 19.2 Å². The fourth-order valence-electron chi connectivity index (χ4n) is 2.51. The Morgan fingerprint density at radius 1 is 1.08 bits per heavy atom. The summed E-state index contributed by atoms with van der Waals surface area (Å²) in [6.07, 6.45) is 1.00. The van der Waals surface area contributed by atoms with E-state index in [1.165, 1.54) is 14.2 Å². The van der Waals surface area contributed by atoms with E-state index in [1.54, 1.807) is 29.2 Å². The molecular weight excluding hydrogens is 338 g/mol. The van der Waals surface area contributed by atoms with Crippen molar-refractivity contribution in [2.75, 3.05) is 52.8 Å². The van der Waals surface area contributed by atoms with Crippen LogP contribution in [-0.4, -0.2) is 75.1 Å². The number of rotatable bonds is 5. The van der Waals surface area contributed by atoms with Gasteiger partial charge in [-0.2, -0.15) is 0 Å². The van der Waals surface area contributed by atoms with Crippen molar-refractivity contribution in [1.82, 2.24) is 9.80 Å². The molecule has 1 aliphatic rings. The van der Waals surface area contributed by atoms with Gasteiger partial charge < -0.3 is 24.6 Å². The van der Waals surface area contributed by atoms with Crippen LogP contribution in [-0.2, 0) is 19.1 Å². The number of benzene rings is 1. The zero-order valence-electron chi connectivity index (χ0n) is 15.2. The average molecular weight is 361 g/mol. The zero-order valence-corrected chi connectivity index (χ0v) is 15.2. The standard InChI is InChI=1S/C18H23N3O5/c1-20-7-9-21(10-8-20)17(23)13-5-4-6-14(11-13)19-15(18(24)26-3)12-16(22)25-2/h4-6,11-12,19H,7-10H2,1-3H3/b15-12+. The fourth-order valence-corrected chi connectivity index (χ4v) is 2.51. The lowest BCUT2D eigenvalue weighted by molar-refractivity contribution is -0.138. The molecule has 0 saturated carbocycles. The molecule has 0 aliphatic carbocycles. The number of methoxy groups -OCH3 is 2. The third-order valence-corrected chi connectivity index (χ3v) is 4.05. The minimum absolute atomic E-state index is 0.0710. The summed E-state index contributed by atoms with van der Waals surface area (Å²) in [7, 11) is 4.44. The molecule has 0 atom stereocenters. The highest BCUT2D eigenvalue weighted by Crippen LogP contribution is 2.16. The molecule has 1 aromatic rings. The van der Waals surface area contributed by atoms with Crippen LogP contribution in [0.5, 0.6) is 0 Å². The lowest BCUT2D eigenvalue weighted by Crippen LogP contribution is -2.47. The second-order valence-corrected chi connectivity index (χ2v) is 5.87. The Kier molecular flexibility index (Phi) is 6.74. The molecule has 26 heavy (non-hydrogen) atoms. The number of hydrogen-bond donors (Lipinski definition) is 1. The van der Waals surface area contributed by atoms with Gasteiger partial charge in [-0.15, -0.1) is 0 Å². The maximum absolute atomic E-state index is 12.7. The number of hydrogen-bond acceptors (Lipinski definition) is 7. The minimum atomic E-state index is -0.716. The molecule has 0 bridgehead atoms. The molecule has 0 spiro atoms. The Morgan fingerprint density at radius 2 is 1.77 bits per heavy atom. The first-order valence-corrected chi connectivity index (χ1v) is 8.17. The van der Waals surface area contributed by atoms with E-state index >= 15 is 0 Å². The summed E-state index contributed by atoms with van der Waals surface area (Å²) in [5.74, 6) is -1.48. The van der Waals surface area contributed by atoms with Crippen molar-refractivity contribution in [2.24, 2.45) is 0 Å². The van der Waals surface area contributed by atoms with Crippen molar-refractivity contribution in [2.45, 2.75) is 0 Å². The summed E-state index contributed by atoms with van der Waals surface area (Å²) in [4.78, 5) is 39.9. The maximum atomic E-state index is 12.7. The summed E-state index contributed by atoms with van der Waals surface area (Å²) in [5, 5.41) is 2.81. The molecule has 0 unspecified atom stereocenters. The molecule has 1 fully saturated rings. The van der Waals surface area contributed by atoms with Crippen LogP contribution in [0.2, 0.25) is 0 Å². The van der Waals surface area contributed by atoms with E-state index in [-0.39, 0.29) is 11.6 Å². The van der Waals surface area contributed by atoms with E-state index < -0.39 is 11.9 Å². The molecule has 1 aliphatic heterocycles. The highest BCUT2D eigenvalue weighted by molar-refractivity contribution is 5.99. The van der Waals surface area contributed by atoms with Crippen LogP contribution in [0.25, 0.3) is 0 Å². The van der Waals surface area contributed by atoms with Crippen molar-refractivity contribution in [3.05, 3.63) is 41.6 Å². The third-order valence-electron chi connectivity index (χ3n) is 4.05. The first-order chi connectivity index (χ1) is 12.4. The summed E-state index contributed by atoms with van der Waals surface area (Å²) in [5.41, 5.74) is 0.913. The number of anilines is 1. The van der Waals surface area contributed by atoms with Crippen LogP contribution in [0, 0.1) is 0 Å². The van der Waals surface area contributed by atoms with Crippen LogP contribution < -0.4 is 5.32 Å². The largest absolute Gasteiger partial charge is 0.466 e. The van der Waals surface area contributed by atoms with Gasteiger partial charge in [-0.25, -0.2) is 9.59 Å². The number of carbonyl (C=O) groups is 3. The van der Waals surface area contributed by atoms with E-state index in [4.69, 9.17) is 0 Å². The smallest absolute Gasteiger partial charge is 0.354 e. The van der Waals surface area contributed by atoms with Crippen molar-refractivity contribution < 1.29 is 23.9 Å². The summed E-state index contributed by atoms with van der Waals surface area (Å²) in [6.45, 7) is 3.00. The van der Waals surface area contributed by atoms with Gasteiger partial charge in [0.15, 0.2) is 0 Å². The Balaban J connectivity index is 2.16. The van der Waals surface area contributed by atoms with Gasteiger partial charge in [-0.3, -0.25) is 4.79 Å². The number of esters is 2. The molecule has 1 amide bonds. The summed E-state index contributed by atoms with van der Waals surface area (Å²) < 4.78 is 9.19. The quantitative estimate of drug-likeness (QED) is 0.610. The number of likely N-dealkylation sites (N-methyl/N-ethyl adjacent to an activating group) is 1. The Bertz CT molecular complexity index is 709. The average Bonchev–Trinajstić information content (AvgIpc) is 2.67. The van der Waals surface area contributed by atoms with Gasteiger partial charge in [0.2, 0.25) is 0 Å². The van der Waals surface area contributed by atoms with Gasteiger partial charge in [0.05, 0.1) is 20.3 Å². The van der Waals surface area contributed by atoms with Crippen molar-refractivity contribution in [3.8, 4) is 0 Å². The number of piperazine rings is 1. The van der Waals surface area contributed by atoms with E-state index in [0.29, 0.717) is 24.3 Å². The molecule has 2 rings (SSSR count). The molecule has 1 aromatic carbocycles. The SMILES string of the molecule is COC(=O)/C=C(/Nc1cccc(C(=O)N2CCN(C)CC2)c1)C(=O)OC. The van der Waals surface area contributed by atoms with Crippen molar-refractivity contribution in [3.63, 3.8) is 0 Å². The lowest BCUT2D eigenvalue weighted by Gasteiger charge is -2.32. The summed E-state index contributed by atoms with van der Waals surface area (Å²) in [6, 6.07) is 6.75. The minimum Gasteiger partial charge on any atom is -0.466 e. The first-order valence-electron chi connectivity index (χ1n) is 8.17. The molecule has 1 heterocycles. The molecule has 8 nitrogen and oxygen atoms in total. The molecule has 0 aromatic heterocycles. The third kappa shape index (κ3) is 5.06. The number of ether oxygens (including phenoxy) is 2. The predicted molar refractivity (Wildman–Crippen MR) is 95.6 cm³/mol. The number of amides is 1. The van der Waals surface area contributed by atoms with E-state index in [1.807, 2.05) is 7.05 Å². The molecule has 1 saturated heterocycles. The molecule has 140 valence electrons. The zero-order chi connectivity index (χ0) is 19.1. The van der Waals surface area contributed by atoms with Crippen LogP contribution >= 0.6 is 0 Å². The fraction of sp³-hybridized carbons (Fsp3) is 0.389. The van der Waals surface area contributed by atoms with Gasteiger partial charge in [0, 0.05) is 37.4 Å². The Morgan fingerprint density at radius 3 is 2.38 bits per heavy atom. The first kappa shape index (κ1) is 19.5. The van der Waals surface area contributed by atoms with Gasteiger partial charge in [0.1, 0.15) is 5.70 Å². The highest BCUT2D eigenvalue weighted by Gasteiger charge is 2.21. The summed E-state index contributed by atoms with van der Waals surface area (Å²) >= 11 is 0. The second kappa shape index (κ2) is 9.00. The number of nitrogens with one attached hydrogen (secondary N) is 1. The molecule has 1 N–H and O–H groups in total. The van der Waals surface area contributed by atoms with Crippen LogP contribution in [0.1, 0.15) is 10.4 Å². The molecule has 0 radical (unpaired) electrons. The van der Waals surface area contributed by atoms with E-state index in [2.05, 4.69) is 19.7 Å². The van der Waals surface area contributed by atoms with E-state index in [9.17, 15) is 14.4 Å². The number of carbonyl (C=O) groups excluding carboxylic acids is 3. The van der Waals surface area contributed by atoms with Crippen molar-refractivity contribution in [1.29, 1.82) is 0 Å². The topological polar surface area (TPSA) is 88.2 Å². The normalized spacial score (nSPS) is 15.3. The predicted octanol–water partition coefficient (Wildman–Crippen LogP) is 0.716. The van der Waals surface area contributed by atoms with Crippen LogP contribution in [0.3, 0.4) is 0 Å². The van der Waals surface area contributed by atoms with Crippen molar-refractivity contribution >= 4 is 23.5 Å². The number of nitrogens with zero attached hydrogens (tertiary/aromatic N) is 2. The lowest BCUT2D eigenvalue weighted by atomic mass is 10.1. The van der Waals surface area contributed by atoms with Crippen LogP contribution in [0.4, 0.5) is 5.69 Å².